The third-order valence-corrected chi connectivity index (χ3v) is 6.02. The Hall–Kier alpha value is -1.23. The maximum Gasteiger partial charge on any atom is 0.312 e. The molecule has 0 bridgehead atoms. The van der Waals surface area contributed by atoms with Crippen LogP contribution in [0, 0.1) is 10.1 Å². The lowest BCUT2D eigenvalue weighted by Crippen LogP contribution is -2.44. The van der Waals surface area contributed by atoms with Gasteiger partial charge in [0.15, 0.2) is 5.52 Å². The lowest BCUT2D eigenvalue weighted by Gasteiger charge is -2.28. The number of hydrogen-bond donors (Lipinski definition) is 2. The SMILES string of the molecule is NCCCn1c(N2CCNCC2)nc2c([N+](=O)[O-])c(Br)c(Br)cc21. The summed E-state index contributed by atoms with van der Waals surface area (Å²) in [5.41, 5.74) is 6.81. The predicted molar refractivity (Wildman–Crippen MR) is 101 cm³/mol. The Kier molecular flexibility index (Phi) is 5.38. The molecule has 0 aliphatic carbocycles. The fraction of sp³-hybridized carbons (Fsp3) is 0.500. The van der Waals surface area contributed by atoms with E-state index in [0.717, 1.165) is 44.1 Å². The number of hydrogen-bond acceptors (Lipinski definition) is 6. The van der Waals surface area contributed by atoms with Gasteiger partial charge in [0.25, 0.3) is 0 Å². The number of benzene rings is 1. The molecule has 1 aromatic heterocycles. The van der Waals surface area contributed by atoms with Crippen LogP contribution in [-0.2, 0) is 6.54 Å². The van der Waals surface area contributed by atoms with Crippen molar-refractivity contribution in [2.75, 3.05) is 37.6 Å². The van der Waals surface area contributed by atoms with Crippen LogP contribution in [0.25, 0.3) is 11.0 Å². The van der Waals surface area contributed by atoms with E-state index in [4.69, 9.17) is 5.73 Å². The van der Waals surface area contributed by atoms with Gasteiger partial charge in [-0.15, -0.1) is 0 Å². The standard InChI is InChI=1S/C14H18Br2N6O2/c15-9-8-10-12(13(11(9)16)22(23)24)19-14(21(10)5-1-2-17)20-6-3-18-4-7-20/h8,18H,1-7,17H2. The topological polar surface area (TPSA) is 102 Å². The Labute approximate surface area is 155 Å². The second-order valence-electron chi connectivity index (χ2n) is 5.59. The normalized spacial score (nSPS) is 15.2. The molecule has 10 heteroatoms. The minimum atomic E-state index is -0.390. The Morgan fingerprint density at radius 1 is 1.38 bits per heavy atom. The summed E-state index contributed by atoms with van der Waals surface area (Å²) in [4.78, 5) is 18.0. The van der Waals surface area contributed by atoms with E-state index >= 15 is 0 Å². The lowest BCUT2D eigenvalue weighted by molar-refractivity contribution is -0.384. The number of nitro benzene ring substituents is 1. The zero-order valence-corrected chi connectivity index (χ0v) is 16.1. The van der Waals surface area contributed by atoms with Crippen LogP contribution in [0.2, 0.25) is 0 Å². The Bertz CT molecular complexity index is 772. The fourth-order valence-corrected chi connectivity index (χ4v) is 3.77. The maximum absolute atomic E-state index is 11.6. The number of anilines is 1. The molecule has 3 rings (SSSR count). The molecule has 1 aliphatic heterocycles. The van der Waals surface area contributed by atoms with Gasteiger partial charge in [-0.2, -0.15) is 0 Å². The molecule has 1 aromatic carbocycles. The van der Waals surface area contributed by atoms with Gasteiger partial charge in [-0.3, -0.25) is 10.1 Å². The third kappa shape index (κ3) is 3.15. The van der Waals surface area contributed by atoms with Gasteiger partial charge in [-0.05, 0) is 50.9 Å². The molecule has 24 heavy (non-hydrogen) atoms. The van der Waals surface area contributed by atoms with Crippen molar-refractivity contribution in [3.63, 3.8) is 0 Å². The highest BCUT2D eigenvalue weighted by Crippen LogP contribution is 2.40. The van der Waals surface area contributed by atoms with Crippen LogP contribution in [-0.4, -0.2) is 47.2 Å². The molecular formula is C14H18Br2N6O2. The first-order chi connectivity index (χ1) is 11.5. The van der Waals surface area contributed by atoms with Crippen molar-refractivity contribution in [1.29, 1.82) is 0 Å². The van der Waals surface area contributed by atoms with Crippen LogP contribution in [0.1, 0.15) is 6.42 Å². The first-order valence-electron chi connectivity index (χ1n) is 7.73. The van der Waals surface area contributed by atoms with Crippen molar-refractivity contribution >= 4 is 54.5 Å². The number of nitro groups is 1. The number of nitrogens with one attached hydrogen (secondary N) is 1. The number of piperazine rings is 1. The van der Waals surface area contributed by atoms with Crippen LogP contribution in [0.4, 0.5) is 11.6 Å². The molecular weight excluding hydrogens is 444 g/mol. The molecule has 2 aromatic rings. The molecule has 0 saturated carbocycles. The van der Waals surface area contributed by atoms with E-state index in [1.807, 2.05) is 10.6 Å². The molecule has 1 saturated heterocycles. The van der Waals surface area contributed by atoms with E-state index in [2.05, 4.69) is 47.1 Å². The van der Waals surface area contributed by atoms with Crippen LogP contribution in [0.15, 0.2) is 15.0 Å². The zero-order valence-electron chi connectivity index (χ0n) is 13.0. The third-order valence-electron chi connectivity index (χ3n) is 4.06. The molecule has 0 radical (unpaired) electrons. The van der Waals surface area contributed by atoms with Crippen LogP contribution in [0.3, 0.4) is 0 Å². The summed E-state index contributed by atoms with van der Waals surface area (Å²) >= 11 is 6.71. The number of rotatable bonds is 5. The quantitative estimate of drug-likeness (QED) is 0.522. The predicted octanol–water partition coefficient (Wildman–Crippen LogP) is 2.23. The summed E-state index contributed by atoms with van der Waals surface area (Å²) in [6.45, 7) is 4.62. The van der Waals surface area contributed by atoms with E-state index in [0.29, 0.717) is 27.6 Å². The highest BCUT2D eigenvalue weighted by Gasteiger charge is 2.27. The van der Waals surface area contributed by atoms with Crippen molar-refractivity contribution in [1.82, 2.24) is 14.9 Å². The van der Waals surface area contributed by atoms with Gasteiger partial charge in [-0.25, -0.2) is 4.98 Å². The first kappa shape index (κ1) is 17.6. The van der Waals surface area contributed by atoms with Crippen molar-refractivity contribution < 1.29 is 4.92 Å². The number of aromatic nitrogens is 2. The number of fused-ring (bicyclic) bond motifs is 1. The Balaban J connectivity index is 2.22. The molecule has 130 valence electrons. The average molecular weight is 462 g/mol. The van der Waals surface area contributed by atoms with Gasteiger partial charge in [-0.1, -0.05) is 0 Å². The summed E-state index contributed by atoms with van der Waals surface area (Å²) in [6.07, 6.45) is 0.784. The van der Waals surface area contributed by atoms with Gasteiger partial charge < -0.3 is 20.5 Å². The largest absolute Gasteiger partial charge is 0.340 e. The van der Waals surface area contributed by atoms with E-state index < -0.39 is 0 Å². The number of imidazole rings is 1. The molecule has 1 fully saturated rings. The monoisotopic (exact) mass is 460 g/mol. The van der Waals surface area contributed by atoms with Gasteiger partial charge in [0.05, 0.1) is 10.4 Å². The average Bonchev–Trinajstić information content (AvgIpc) is 2.92. The van der Waals surface area contributed by atoms with E-state index in [-0.39, 0.29) is 10.6 Å². The summed E-state index contributed by atoms with van der Waals surface area (Å²) in [6, 6.07) is 1.88. The molecule has 2 heterocycles. The van der Waals surface area contributed by atoms with Crippen molar-refractivity contribution in [2.24, 2.45) is 5.73 Å². The maximum atomic E-state index is 11.6. The minimum absolute atomic E-state index is 0.0118. The highest BCUT2D eigenvalue weighted by molar-refractivity contribution is 9.13. The van der Waals surface area contributed by atoms with E-state index in [1.54, 1.807) is 0 Å². The van der Waals surface area contributed by atoms with Gasteiger partial charge in [0.1, 0.15) is 4.47 Å². The van der Waals surface area contributed by atoms with E-state index in [1.165, 1.54) is 0 Å². The second kappa shape index (κ2) is 7.34. The number of nitrogens with zero attached hydrogens (tertiary/aromatic N) is 4. The summed E-state index contributed by atoms with van der Waals surface area (Å²) in [5.74, 6) is 0.771. The van der Waals surface area contributed by atoms with Crippen molar-refractivity contribution in [3.05, 3.63) is 25.1 Å². The van der Waals surface area contributed by atoms with Crippen molar-refractivity contribution in [3.8, 4) is 0 Å². The lowest BCUT2D eigenvalue weighted by atomic mass is 10.2. The Morgan fingerprint density at radius 2 is 2.08 bits per heavy atom. The Morgan fingerprint density at radius 3 is 2.71 bits per heavy atom. The molecule has 8 nitrogen and oxygen atoms in total. The first-order valence-corrected chi connectivity index (χ1v) is 9.31. The number of nitrogens with two attached hydrogens (primary N) is 1. The van der Waals surface area contributed by atoms with E-state index in [9.17, 15) is 10.1 Å². The smallest absolute Gasteiger partial charge is 0.312 e. The molecule has 0 spiro atoms. The van der Waals surface area contributed by atoms with Gasteiger partial charge in [0, 0.05) is 37.2 Å². The summed E-state index contributed by atoms with van der Waals surface area (Å²) in [7, 11) is 0. The second-order valence-corrected chi connectivity index (χ2v) is 7.24. The minimum Gasteiger partial charge on any atom is -0.340 e. The highest BCUT2D eigenvalue weighted by atomic mass is 79.9. The van der Waals surface area contributed by atoms with Crippen LogP contribution >= 0.6 is 31.9 Å². The summed E-state index contributed by atoms with van der Waals surface area (Å²) in [5, 5.41) is 14.9. The summed E-state index contributed by atoms with van der Waals surface area (Å²) < 4.78 is 3.09. The fourth-order valence-electron chi connectivity index (χ4n) is 2.92. The van der Waals surface area contributed by atoms with Gasteiger partial charge >= 0.3 is 5.69 Å². The molecule has 0 atom stereocenters. The van der Waals surface area contributed by atoms with Crippen LogP contribution in [0.5, 0.6) is 0 Å². The molecule has 3 N–H and O–H groups in total. The number of aryl methyl sites for hydroxylation is 1. The molecule has 1 aliphatic rings. The van der Waals surface area contributed by atoms with Crippen molar-refractivity contribution in [2.45, 2.75) is 13.0 Å². The zero-order chi connectivity index (χ0) is 17.3. The number of halogens is 2. The van der Waals surface area contributed by atoms with Gasteiger partial charge in [0.2, 0.25) is 5.95 Å². The molecule has 0 unspecified atom stereocenters. The van der Waals surface area contributed by atoms with Crippen LogP contribution < -0.4 is 16.0 Å². The molecule has 0 amide bonds.